The van der Waals surface area contributed by atoms with E-state index in [9.17, 15) is 13.2 Å². The van der Waals surface area contributed by atoms with Gasteiger partial charge in [-0.1, -0.05) is 6.92 Å². The van der Waals surface area contributed by atoms with Crippen LogP contribution in [0.3, 0.4) is 0 Å². The minimum absolute atomic E-state index is 0. The van der Waals surface area contributed by atoms with Crippen molar-refractivity contribution in [2.45, 2.75) is 38.6 Å². The van der Waals surface area contributed by atoms with Gasteiger partial charge in [-0.2, -0.15) is 0 Å². The van der Waals surface area contributed by atoms with Gasteiger partial charge in [0.05, 0.1) is 4.90 Å². The summed E-state index contributed by atoms with van der Waals surface area (Å²) in [7, 11) is -3.84. The standard InChI is InChI=1S/C14H23N3O3S.ClH/c1-5-16-10(3)8-17-14(18)12-6-9(2)11(4)13(7-12)21(15,19)20;/h6-7,10,16H,5,8H2,1-4H3,(H,17,18)(H2,15,19,20);1H/t10-;/m1./s1. The van der Waals surface area contributed by atoms with Gasteiger partial charge in [0, 0.05) is 18.2 Å². The molecule has 0 aliphatic carbocycles. The van der Waals surface area contributed by atoms with Gasteiger partial charge < -0.3 is 10.6 Å². The maximum atomic E-state index is 12.1. The number of rotatable bonds is 6. The van der Waals surface area contributed by atoms with Crippen molar-refractivity contribution in [3.05, 3.63) is 28.8 Å². The lowest BCUT2D eigenvalue weighted by atomic mass is 10.1. The Morgan fingerprint density at radius 2 is 1.91 bits per heavy atom. The highest BCUT2D eigenvalue weighted by Gasteiger charge is 2.17. The number of carbonyl (C=O) groups excluding carboxylic acids is 1. The Balaban J connectivity index is 0.00000441. The molecule has 1 rings (SSSR count). The van der Waals surface area contributed by atoms with Crippen LogP contribution >= 0.6 is 12.4 Å². The maximum Gasteiger partial charge on any atom is 0.251 e. The molecule has 8 heteroatoms. The SMILES string of the molecule is CCN[C@H](C)CNC(=O)c1cc(C)c(C)c(S(N)(=O)=O)c1.Cl. The second-order valence-corrected chi connectivity index (χ2v) is 6.66. The Bertz CT molecular complexity index is 632. The Morgan fingerprint density at radius 3 is 2.41 bits per heavy atom. The molecule has 0 aliphatic heterocycles. The predicted octanol–water partition coefficient (Wildman–Crippen LogP) is 1.10. The molecule has 1 amide bonds. The lowest BCUT2D eigenvalue weighted by Crippen LogP contribution is -2.38. The van der Waals surface area contributed by atoms with Crippen LogP contribution in [0.15, 0.2) is 17.0 Å². The quantitative estimate of drug-likeness (QED) is 0.715. The van der Waals surface area contributed by atoms with E-state index in [1.54, 1.807) is 19.9 Å². The topological polar surface area (TPSA) is 101 Å². The normalized spacial score (nSPS) is 12.4. The number of primary sulfonamides is 1. The first kappa shape index (κ1) is 20.9. The summed E-state index contributed by atoms with van der Waals surface area (Å²) in [5.74, 6) is -0.312. The zero-order valence-corrected chi connectivity index (χ0v) is 14.9. The van der Waals surface area contributed by atoms with Crippen LogP contribution in [0.5, 0.6) is 0 Å². The van der Waals surface area contributed by atoms with Crippen LogP contribution in [0.4, 0.5) is 0 Å². The first-order valence-electron chi connectivity index (χ1n) is 6.82. The van der Waals surface area contributed by atoms with Crippen LogP contribution < -0.4 is 15.8 Å². The summed E-state index contributed by atoms with van der Waals surface area (Å²) in [6.07, 6.45) is 0. The average Bonchev–Trinajstić information content (AvgIpc) is 2.38. The third-order valence-electron chi connectivity index (χ3n) is 3.31. The van der Waals surface area contributed by atoms with Gasteiger partial charge in [0.2, 0.25) is 10.0 Å². The summed E-state index contributed by atoms with van der Waals surface area (Å²) in [4.78, 5) is 12.1. The van der Waals surface area contributed by atoms with E-state index in [0.29, 0.717) is 23.2 Å². The second-order valence-electron chi connectivity index (χ2n) is 5.13. The molecule has 0 heterocycles. The number of likely N-dealkylation sites (N-methyl/N-ethyl adjacent to an activating group) is 1. The molecule has 0 bridgehead atoms. The molecule has 0 spiro atoms. The van der Waals surface area contributed by atoms with Crippen LogP contribution in [-0.2, 0) is 10.0 Å². The summed E-state index contributed by atoms with van der Waals surface area (Å²) >= 11 is 0. The molecule has 0 radical (unpaired) electrons. The molecular formula is C14H24ClN3O3S. The third-order valence-corrected chi connectivity index (χ3v) is 4.35. The molecule has 0 saturated carbocycles. The van der Waals surface area contributed by atoms with Crippen LogP contribution in [0.1, 0.15) is 35.3 Å². The fourth-order valence-corrected chi connectivity index (χ4v) is 2.90. The molecule has 0 unspecified atom stereocenters. The summed E-state index contributed by atoms with van der Waals surface area (Å²) in [5.41, 5.74) is 1.58. The largest absolute Gasteiger partial charge is 0.350 e. The molecule has 0 aromatic heterocycles. The maximum absolute atomic E-state index is 12.1. The number of nitrogens with one attached hydrogen (secondary N) is 2. The predicted molar refractivity (Wildman–Crippen MR) is 90.0 cm³/mol. The van der Waals surface area contributed by atoms with Gasteiger partial charge in [-0.15, -0.1) is 12.4 Å². The monoisotopic (exact) mass is 349 g/mol. The van der Waals surface area contributed by atoms with E-state index in [4.69, 9.17) is 5.14 Å². The molecule has 1 atom stereocenters. The smallest absolute Gasteiger partial charge is 0.251 e. The summed E-state index contributed by atoms with van der Waals surface area (Å²) < 4.78 is 23.1. The van der Waals surface area contributed by atoms with Crippen LogP contribution in [0.2, 0.25) is 0 Å². The van der Waals surface area contributed by atoms with E-state index < -0.39 is 10.0 Å². The first-order chi connectivity index (χ1) is 9.66. The highest BCUT2D eigenvalue weighted by molar-refractivity contribution is 7.89. The van der Waals surface area contributed by atoms with Gasteiger partial charge >= 0.3 is 0 Å². The summed E-state index contributed by atoms with van der Waals surface area (Å²) in [5, 5.41) is 11.1. The fraction of sp³-hybridized carbons (Fsp3) is 0.500. The minimum atomic E-state index is -3.84. The summed E-state index contributed by atoms with van der Waals surface area (Å²) in [6.45, 7) is 8.65. The number of nitrogens with two attached hydrogens (primary N) is 1. The van der Waals surface area contributed by atoms with E-state index in [1.165, 1.54) is 6.07 Å². The molecule has 6 nitrogen and oxygen atoms in total. The van der Waals surface area contributed by atoms with Crippen LogP contribution in [0, 0.1) is 13.8 Å². The van der Waals surface area contributed by atoms with Crippen molar-refractivity contribution in [2.75, 3.05) is 13.1 Å². The number of hydrogen-bond acceptors (Lipinski definition) is 4. The number of aryl methyl sites for hydroxylation is 1. The van der Waals surface area contributed by atoms with E-state index >= 15 is 0 Å². The van der Waals surface area contributed by atoms with Gasteiger partial charge in [0.25, 0.3) is 5.91 Å². The first-order valence-corrected chi connectivity index (χ1v) is 8.37. The Hall–Kier alpha value is -1.15. The van der Waals surface area contributed by atoms with Gasteiger partial charge in [-0.05, 0) is 50.6 Å². The van der Waals surface area contributed by atoms with E-state index in [1.807, 2.05) is 13.8 Å². The molecule has 0 saturated heterocycles. The highest BCUT2D eigenvalue weighted by atomic mass is 35.5. The Morgan fingerprint density at radius 1 is 1.32 bits per heavy atom. The van der Waals surface area contributed by atoms with Crippen molar-refractivity contribution in [2.24, 2.45) is 5.14 Å². The van der Waals surface area contributed by atoms with Crippen LogP contribution in [-0.4, -0.2) is 33.5 Å². The van der Waals surface area contributed by atoms with Crippen molar-refractivity contribution in [1.82, 2.24) is 10.6 Å². The Labute approximate surface area is 138 Å². The van der Waals surface area contributed by atoms with Crippen LogP contribution in [0.25, 0.3) is 0 Å². The van der Waals surface area contributed by atoms with Crippen molar-refractivity contribution in [3.8, 4) is 0 Å². The molecule has 0 fully saturated rings. The Kier molecular flexibility index (Phi) is 8.03. The zero-order valence-electron chi connectivity index (χ0n) is 13.3. The second kappa shape index (κ2) is 8.47. The molecular weight excluding hydrogens is 326 g/mol. The lowest BCUT2D eigenvalue weighted by molar-refractivity contribution is 0.0950. The number of sulfonamides is 1. The van der Waals surface area contributed by atoms with E-state index in [0.717, 1.165) is 6.54 Å². The average molecular weight is 350 g/mol. The number of benzene rings is 1. The van der Waals surface area contributed by atoms with Gasteiger partial charge in [-0.25, -0.2) is 13.6 Å². The number of halogens is 1. The molecule has 0 aliphatic rings. The molecule has 1 aromatic carbocycles. The molecule has 4 N–H and O–H groups in total. The lowest BCUT2D eigenvalue weighted by Gasteiger charge is -2.14. The number of hydrogen-bond donors (Lipinski definition) is 3. The van der Waals surface area contributed by atoms with Crippen molar-refractivity contribution >= 4 is 28.3 Å². The number of carbonyl (C=O) groups is 1. The van der Waals surface area contributed by atoms with Gasteiger partial charge in [-0.3, -0.25) is 4.79 Å². The van der Waals surface area contributed by atoms with Crippen molar-refractivity contribution in [3.63, 3.8) is 0 Å². The third kappa shape index (κ3) is 5.57. The van der Waals surface area contributed by atoms with Gasteiger partial charge in [0.15, 0.2) is 0 Å². The van der Waals surface area contributed by atoms with Crippen molar-refractivity contribution < 1.29 is 13.2 Å². The number of amides is 1. The van der Waals surface area contributed by atoms with E-state index in [-0.39, 0.29) is 29.3 Å². The summed E-state index contributed by atoms with van der Waals surface area (Å²) in [6, 6.07) is 3.13. The van der Waals surface area contributed by atoms with Gasteiger partial charge in [0.1, 0.15) is 0 Å². The van der Waals surface area contributed by atoms with E-state index in [2.05, 4.69) is 10.6 Å². The molecule has 1 aromatic rings. The highest BCUT2D eigenvalue weighted by Crippen LogP contribution is 2.20. The molecule has 22 heavy (non-hydrogen) atoms. The molecule has 126 valence electrons. The van der Waals surface area contributed by atoms with Crippen molar-refractivity contribution in [1.29, 1.82) is 0 Å². The zero-order chi connectivity index (χ0) is 16.2. The minimum Gasteiger partial charge on any atom is -0.350 e. The fourth-order valence-electron chi connectivity index (χ4n) is 2.02.